The van der Waals surface area contributed by atoms with Crippen molar-refractivity contribution in [2.24, 2.45) is 5.73 Å². The lowest BCUT2D eigenvalue weighted by Gasteiger charge is -2.18. The van der Waals surface area contributed by atoms with Crippen LogP contribution in [0.5, 0.6) is 5.75 Å². The Morgan fingerprint density at radius 3 is 2.62 bits per heavy atom. The van der Waals surface area contributed by atoms with Crippen molar-refractivity contribution in [2.45, 2.75) is 32.9 Å². The van der Waals surface area contributed by atoms with E-state index in [9.17, 15) is 14.0 Å². The Morgan fingerprint density at radius 1 is 1.38 bits per heavy atom. The third-order valence-corrected chi connectivity index (χ3v) is 2.71. The number of hydrogen-bond acceptors (Lipinski definition) is 4. The van der Waals surface area contributed by atoms with Gasteiger partial charge in [-0.3, -0.25) is 10.1 Å². The van der Waals surface area contributed by atoms with Crippen molar-refractivity contribution in [3.8, 4) is 5.75 Å². The molecule has 4 N–H and O–H groups in total. The van der Waals surface area contributed by atoms with Crippen molar-refractivity contribution in [1.29, 1.82) is 0 Å². The second-order valence-electron chi connectivity index (χ2n) is 4.58. The highest BCUT2D eigenvalue weighted by molar-refractivity contribution is 5.96. The highest BCUT2D eigenvalue weighted by Gasteiger charge is 2.19. The van der Waals surface area contributed by atoms with Gasteiger partial charge in [0.15, 0.2) is 6.10 Å². The second kappa shape index (κ2) is 7.58. The molecule has 0 saturated heterocycles. The number of carbonyl (C=O) groups is 2. The molecule has 0 aliphatic heterocycles. The quantitative estimate of drug-likeness (QED) is 0.767. The highest BCUT2D eigenvalue weighted by atomic mass is 19.1. The SMILES string of the molecule is CCNC(=O)NC(=O)C(C)Oc1ccc(F)cc1[C@@H](C)N. The molecule has 0 aliphatic rings. The van der Waals surface area contributed by atoms with Crippen LogP contribution in [-0.2, 0) is 4.79 Å². The van der Waals surface area contributed by atoms with Crippen molar-refractivity contribution in [3.05, 3.63) is 29.6 Å². The monoisotopic (exact) mass is 297 g/mol. The van der Waals surface area contributed by atoms with Gasteiger partial charge in [-0.1, -0.05) is 0 Å². The summed E-state index contributed by atoms with van der Waals surface area (Å²) in [4.78, 5) is 23.0. The second-order valence-corrected chi connectivity index (χ2v) is 4.58. The summed E-state index contributed by atoms with van der Waals surface area (Å²) in [5.41, 5.74) is 6.20. The van der Waals surface area contributed by atoms with E-state index in [0.717, 1.165) is 0 Å². The molecule has 7 heteroatoms. The number of rotatable bonds is 5. The molecular weight excluding hydrogens is 277 g/mol. The van der Waals surface area contributed by atoms with Crippen LogP contribution in [0.4, 0.5) is 9.18 Å². The average molecular weight is 297 g/mol. The van der Waals surface area contributed by atoms with E-state index in [0.29, 0.717) is 17.9 Å². The van der Waals surface area contributed by atoms with E-state index in [2.05, 4.69) is 10.6 Å². The third-order valence-electron chi connectivity index (χ3n) is 2.71. The van der Waals surface area contributed by atoms with Crippen molar-refractivity contribution < 1.29 is 18.7 Å². The van der Waals surface area contributed by atoms with Gasteiger partial charge in [-0.25, -0.2) is 9.18 Å². The van der Waals surface area contributed by atoms with E-state index >= 15 is 0 Å². The van der Waals surface area contributed by atoms with E-state index in [1.165, 1.54) is 25.1 Å². The fourth-order valence-electron chi connectivity index (χ4n) is 1.64. The summed E-state index contributed by atoms with van der Waals surface area (Å²) in [6, 6.07) is 2.84. The molecule has 21 heavy (non-hydrogen) atoms. The minimum atomic E-state index is -0.921. The molecule has 1 aromatic rings. The van der Waals surface area contributed by atoms with Crippen LogP contribution in [0.2, 0.25) is 0 Å². The largest absolute Gasteiger partial charge is 0.481 e. The maximum absolute atomic E-state index is 13.2. The first kappa shape index (κ1) is 16.9. The number of urea groups is 1. The van der Waals surface area contributed by atoms with Gasteiger partial charge < -0.3 is 15.8 Å². The van der Waals surface area contributed by atoms with Crippen LogP contribution >= 0.6 is 0 Å². The van der Waals surface area contributed by atoms with Gasteiger partial charge in [0.1, 0.15) is 11.6 Å². The standard InChI is InChI=1S/C14H20FN3O3/c1-4-17-14(20)18-13(19)9(3)21-12-6-5-10(15)7-11(12)8(2)16/h5-9H,4,16H2,1-3H3,(H2,17,18,19,20)/t8-,9?/m1/s1. The summed E-state index contributed by atoms with van der Waals surface area (Å²) in [5, 5.41) is 4.58. The van der Waals surface area contributed by atoms with Crippen LogP contribution in [0, 0.1) is 5.82 Å². The van der Waals surface area contributed by atoms with E-state index in [1.54, 1.807) is 13.8 Å². The summed E-state index contributed by atoms with van der Waals surface area (Å²) in [5.74, 6) is -0.722. The molecular formula is C14H20FN3O3. The Morgan fingerprint density at radius 2 is 2.05 bits per heavy atom. The van der Waals surface area contributed by atoms with Crippen LogP contribution in [0.15, 0.2) is 18.2 Å². The maximum Gasteiger partial charge on any atom is 0.321 e. The number of halogens is 1. The zero-order valence-corrected chi connectivity index (χ0v) is 12.3. The molecule has 0 heterocycles. The fourth-order valence-corrected chi connectivity index (χ4v) is 1.64. The Hall–Kier alpha value is -2.15. The average Bonchev–Trinajstić information content (AvgIpc) is 2.40. The van der Waals surface area contributed by atoms with Gasteiger partial charge in [0.25, 0.3) is 5.91 Å². The minimum Gasteiger partial charge on any atom is -0.481 e. The first-order chi connectivity index (χ1) is 9.85. The topological polar surface area (TPSA) is 93.5 Å². The number of ether oxygens (including phenoxy) is 1. The molecule has 2 atom stereocenters. The van der Waals surface area contributed by atoms with Gasteiger partial charge in [0.05, 0.1) is 0 Å². The smallest absolute Gasteiger partial charge is 0.321 e. The molecule has 0 saturated carbocycles. The molecule has 0 aliphatic carbocycles. The van der Waals surface area contributed by atoms with Gasteiger partial charge in [-0.15, -0.1) is 0 Å². The summed E-state index contributed by atoms with van der Waals surface area (Å²) in [6.07, 6.45) is -0.921. The highest BCUT2D eigenvalue weighted by Crippen LogP contribution is 2.25. The Balaban J connectivity index is 2.76. The van der Waals surface area contributed by atoms with E-state index in [4.69, 9.17) is 10.5 Å². The van der Waals surface area contributed by atoms with Crippen molar-refractivity contribution in [1.82, 2.24) is 10.6 Å². The lowest BCUT2D eigenvalue weighted by atomic mass is 10.1. The summed E-state index contributed by atoms with van der Waals surface area (Å²) >= 11 is 0. The molecule has 0 bridgehead atoms. The normalized spacial score (nSPS) is 13.2. The number of nitrogens with two attached hydrogens (primary N) is 1. The predicted molar refractivity (Wildman–Crippen MR) is 76.3 cm³/mol. The van der Waals surface area contributed by atoms with Crippen LogP contribution in [-0.4, -0.2) is 24.6 Å². The minimum absolute atomic E-state index is 0.310. The van der Waals surface area contributed by atoms with E-state index < -0.39 is 29.9 Å². The summed E-state index contributed by atoms with van der Waals surface area (Å²) < 4.78 is 18.7. The van der Waals surface area contributed by atoms with E-state index in [-0.39, 0.29) is 0 Å². The van der Waals surface area contributed by atoms with Gasteiger partial charge in [-0.2, -0.15) is 0 Å². The zero-order chi connectivity index (χ0) is 16.0. The summed E-state index contributed by atoms with van der Waals surface area (Å²) in [6.45, 7) is 5.31. The number of benzene rings is 1. The Bertz CT molecular complexity index is 520. The Kier molecular flexibility index (Phi) is 6.10. The first-order valence-electron chi connectivity index (χ1n) is 6.65. The molecule has 116 valence electrons. The Labute approximate surface area is 122 Å². The first-order valence-corrected chi connectivity index (χ1v) is 6.65. The van der Waals surface area contributed by atoms with Crippen LogP contribution in [0.1, 0.15) is 32.4 Å². The number of imide groups is 1. The fraction of sp³-hybridized carbons (Fsp3) is 0.429. The van der Waals surface area contributed by atoms with Crippen molar-refractivity contribution in [2.75, 3.05) is 6.54 Å². The molecule has 3 amide bonds. The maximum atomic E-state index is 13.2. The van der Waals surface area contributed by atoms with Gasteiger partial charge in [0.2, 0.25) is 0 Å². The number of hydrogen-bond donors (Lipinski definition) is 3. The van der Waals surface area contributed by atoms with Crippen LogP contribution in [0.25, 0.3) is 0 Å². The molecule has 0 radical (unpaired) electrons. The number of nitrogens with one attached hydrogen (secondary N) is 2. The predicted octanol–water partition coefficient (Wildman–Crippen LogP) is 1.46. The molecule has 0 aromatic heterocycles. The number of amides is 3. The third kappa shape index (κ3) is 5.03. The molecule has 0 spiro atoms. The molecule has 1 rings (SSSR count). The van der Waals surface area contributed by atoms with Crippen molar-refractivity contribution in [3.63, 3.8) is 0 Å². The molecule has 0 fully saturated rings. The lowest BCUT2D eigenvalue weighted by molar-refractivity contribution is -0.126. The number of carbonyl (C=O) groups excluding carboxylic acids is 2. The van der Waals surface area contributed by atoms with Gasteiger partial charge in [-0.05, 0) is 39.0 Å². The summed E-state index contributed by atoms with van der Waals surface area (Å²) in [7, 11) is 0. The molecule has 6 nitrogen and oxygen atoms in total. The van der Waals surface area contributed by atoms with Gasteiger partial charge >= 0.3 is 6.03 Å². The van der Waals surface area contributed by atoms with E-state index in [1.807, 2.05) is 0 Å². The van der Waals surface area contributed by atoms with Crippen LogP contribution < -0.4 is 21.1 Å². The molecule has 1 unspecified atom stereocenters. The lowest BCUT2D eigenvalue weighted by Crippen LogP contribution is -2.45. The zero-order valence-electron chi connectivity index (χ0n) is 12.3. The van der Waals surface area contributed by atoms with Gasteiger partial charge in [0, 0.05) is 18.2 Å². The van der Waals surface area contributed by atoms with Crippen molar-refractivity contribution >= 4 is 11.9 Å². The molecule has 1 aromatic carbocycles. The van der Waals surface area contributed by atoms with Crippen LogP contribution in [0.3, 0.4) is 0 Å².